The number of benzene rings is 2. The van der Waals surface area contributed by atoms with Crippen LogP contribution in [0.1, 0.15) is 30.0 Å². The van der Waals surface area contributed by atoms with Crippen molar-refractivity contribution in [3.63, 3.8) is 0 Å². The van der Waals surface area contributed by atoms with Crippen molar-refractivity contribution in [1.29, 1.82) is 0 Å². The van der Waals surface area contributed by atoms with E-state index < -0.39 is 61.0 Å². The average molecular weight is 500 g/mol. The molecule has 1 aliphatic carbocycles. The van der Waals surface area contributed by atoms with E-state index in [0.717, 1.165) is 11.0 Å². The smallest absolute Gasteiger partial charge is 0.252 e. The zero-order chi connectivity index (χ0) is 25.9. The predicted octanol–water partition coefficient (Wildman–Crippen LogP) is 4.77. The molecule has 1 heterocycles. The summed E-state index contributed by atoms with van der Waals surface area (Å²) in [5.41, 5.74) is 1.15. The second-order valence-corrected chi connectivity index (χ2v) is 8.67. The summed E-state index contributed by atoms with van der Waals surface area (Å²) in [6.07, 6.45) is 0.244. The van der Waals surface area contributed by atoms with Gasteiger partial charge in [0.1, 0.15) is 11.9 Å². The Hall–Kier alpha value is -3.95. The van der Waals surface area contributed by atoms with E-state index in [2.05, 4.69) is 15.6 Å². The number of amides is 2. The van der Waals surface area contributed by atoms with E-state index in [9.17, 15) is 27.2 Å². The first kappa shape index (κ1) is 25.2. The SMILES string of the molecule is Cc1ccccc1C(C(=O)NC1CC(F)(F)C1)N(C(=O)CNc1cccnc1F)c1cccc(F)c1. The van der Waals surface area contributed by atoms with E-state index in [4.69, 9.17) is 0 Å². The lowest BCUT2D eigenvalue weighted by Crippen LogP contribution is -2.54. The molecule has 1 unspecified atom stereocenters. The van der Waals surface area contributed by atoms with Crippen LogP contribution in [-0.2, 0) is 9.59 Å². The Morgan fingerprint density at radius 3 is 2.50 bits per heavy atom. The molecule has 0 spiro atoms. The first-order valence-electron chi connectivity index (χ1n) is 11.3. The van der Waals surface area contributed by atoms with Crippen LogP contribution in [0.2, 0.25) is 0 Å². The van der Waals surface area contributed by atoms with Crippen molar-refractivity contribution in [2.75, 3.05) is 16.8 Å². The highest BCUT2D eigenvalue weighted by Crippen LogP contribution is 2.38. The molecule has 0 bridgehead atoms. The van der Waals surface area contributed by atoms with Gasteiger partial charge >= 0.3 is 0 Å². The highest BCUT2D eigenvalue weighted by Gasteiger charge is 2.47. The molecular formula is C26H24F4N4O2. The third-order valence-corrected chi connectivity index (χ3v) is 5.97. The Kier molecular flexibility index (Phi) is 7.23. The fourth-order valence-corrected chi connectivity index (χ4v) is 4.17. The first-order valence-corrected chi connectivity index (χ1v) is 11.3. The minimum absolute atomic E-state index is 0.0290. The van der Waals surface area contributed by atoms with Gasteiger partial charge in [-0.15, -0.1) is 0 Å². The highest BCUT2D eigenvalue weighted by atomic mass is 19.3. The van der Waals surface area contributed by atoms with Gasteiger partial charge in [-0.3, -0.25) is 14.5 Å². The van der Waals surface area contributed by atoms with Crippen molar-refractivity contribution in [2.45, 2.75) is 37.8 Å². The third-order valence-electron chi connectivity index (χ3n) is 5.97. The number of nitrogens with zero attached hydrogens (tertiary/aromatic N) is 2. The van der Waals surface area contributed by atoms with Gasteiger partial charge in [-0.2, -0.15) is 4.39 Å². The van der Waals surface area contributed by atoms with Gasteiger partial charge in [0.15, 0.2) is 0 Å². The summed E-state index contributed by atoms with van der Waals surface area (Å²) in [7, 11) is 0. The van der Waals surface area contributed by atoms with Gasteiger partial charge in [0.2, 0.25) is 17.8 Å². The third kappa shape index (κ3) is 5.64. The van der Waals surface area contributed by atoms with Gasteiger partial charge in [0.25, 0.3) is 5.92 Å². The minimum Gasteiger partial charge on any atom is -0.372 e. The predicted molar refractivity (Wildman–Crippen MR) is 127 cm³/mol. The van der Waals surface area contributed by atoms with Crippen molar-refractivity contribution in [1.82, 2.24) is 10.3 Å². The maximum atomic E-state index is 14.2. The van der Waals surface area contributed by atoms with Crippen molar-refractivity contribution in [3.05, 3.63) is 89.8 Å². The van der Waals surface area contributed by atoms with E-state index in [1.807, 2.05) is 0 Å². The number of hydrogen-bond acceptors (Lipinski definition) is 4. The van der Waals surface area contributed by atoms with Crippen LogP contribution < -0.4 is 15.5 Å². The molecule has 3 aromatic rings. The van der Waals surface area contributed by atoms with E-state index in [1.165, 1.54) is 36.5 Å². The average Bonchev–Trinajstić information content (AvgIpc) is 2.81. The number of pyridine rings is 1. The van der Waals surface area contributed by atoms with Crippen LogP contribution in [0.15, 0.2) is 66.9 Å². The normalized spacial score (nSPS) is 15.5. The molecule has 10 heteroatoms. The van der Waals surface area contributed by atoms with Crippen LogP contribution in [0.4, 0.5) is 28.9 Å². The Balaban J connectivity index is 1.71. The number of hydrogen-bond donors (Lipinski definition) is 2. The summed E-state index contributed by atoms with van der Waals surface area (Å²) >= 11 is 0. The number of carbonyl (C=O) groups excluding carboxylic acids is 2. The Morgan fingerprint density at radius 1 is 1.08 bits per heavy atom. The maximum Gasteiger partial charge on any atom is 0.252 e. The van der Waals surface area contributed by atoms with Gasteiger partial charge in [0, 0.05) is 30.8 Å². The minimum atomic E-state index is -2.86. The molecule has 0 saturated heterocycles. The second-order valence-electron chi connectivity index (χ2n) is 8.67. The lowest BCUT2D eigenvalue weighted by molar-refractivity contribution is -0.132. The molecule has 2 amide bonds. The highest BCUT2D eigenvalue weighted by molar-refractivity contribution is 6.03. The molecule has 188 valence electrons. The van der Waals surface area contributed by atoms with Crippen LogP contribution in [0.3, 0.4) is 0 Å². The van der Waals surface area contributed by atoms with E-state index in [0.29, 0.717) is 11.1 Å². The van der Waals surface area contributed by atoms with Gasteiger partial charge in [-0.25, -0.2) is 18.2 Å². The summed E-state index contributed by atoms with van der Waals surface area (Å²) in [6.45, 7) is 1.29. The summed E-state index contributed by atoms with van der Waals surface area (Å²) < 4.78 is 55.0. The summed E-state index contributed by atoms with van der Waals surface area (Å²) in [6, 6.07) is 12.8. The number of carbonyl (C=O) groups is 2. The molecule has 36 heavy (non-hydrogen) atoms. The first-order chi connectivity index (χ1) is 17.1. The van der Waals surface area contributed by atoms with Crippen LogP contribution in [-0.4, -0.2) is 35.3 Å². The number of halogens is 4. The molecule has 1 atom stereocenters. The Bertz CT molecular complexity index is 1260. The van der Waals surface area contributed by atoms with E-state index >= 15 is 0 Å². The largest absolute Gasteiger partial charge is 0.372 e. The fraction of sp³-hybridized carbons (Fsp3) is 0.269. The molecule has 0 aliphatic heterocycles. The van der Waals surface area contributed by atoms with Gasteiger partial charge in [-0.1, -0.05) is 30.3 Å². The molecule has 1 saturated carbocycles. The van der Waals surface area contributed by atoms with Crippen molar-refractivity contribution < 1.29 is 27.2 Å². The summed E-state index contributed by atoms with van der Waals surface area (Å²) in [5, 5.41) is 5.26. The van der Waals surface area contributed by atoms with E-state index in [1.54, 1.807) is 31.2 Å². The number of aromatic nitrogens is 1. The molecule has 0 radical (unpaired) electrons. The number of aryl methyl sites for hydroxylation is 1. The standard InChI is InChI=1S/C26H24F4N4O2/c1-16-6-2-3-9-20(16)23(25(36)33-18-13-26(29,30)14-18)34(19-8-4-7-17(27)12-19)22(35)15-32-21-10-5-11-31-24(21)28/h2-12,18,23,32H,13-15H2,1H3,(H,33,36). The molecule has 2 aromatic carbocycles. The quantitative estimate of drug-likeness (QED) is 0.345. The Labute approximate surface area is 205 Å². The monoisotopic (exact) mass is 500 g/mol. The van der Waals surface area contributed by atoms with Gasteiger partial charge in [-0.05, 0) is 48.4 Å². The maximum absolute atomic E-state index is 14.2. The van der Waals surface area contributed by atoms with Crippen LogP contribution in [0, 0.1) is 18.7 Å². The topological polar surface area (TPSA) is 74.3 Å². The molecular weight excluding hydrogens is 476 g/mol. The van der Waals surface area contributed by atoms with E-state index in [-0.39, 0.29) is 11.4 Å². The Morgan fingerprint density at radius 2 is 1.83 bits per heavy atom. The molecule has 1 fully saturated rings. The van der Waals surface area contributed by atoms with Crippen LogP contribution >= 0.6 is 0 Å². The van der Waals surface area contributed by atoms with Gasteiger partial charge in [0.05, 0.1) is 12.2 Å². The molecule has 6 nitrogen and oxygen atoms in total. The molecule has 2 N–H and O–H groups in total. The van der Waals surface area contributed by atoms with Gasteiger partial charge < -0.3 is 10.6 Å². The molecule has 1 aromatic heterocycles. The summed E-state index contributed by atoms with van der Waals surface area (Å²) in [4.78, 5) is 31.7. The number of nitrogens with one attached hydrogen (secondary N) is 2. The van der Waals surface area contributed by atoms with Crippen LogP contribution in [0.5, 0.6) is 0 Å². The molecule has 4 rings (SSSR count). The number of rotatable bonds is 8. The lowest BCUT2D eigenvalue weighted by atomic mass is 9.87. The van der Waals surface area contributed by atoms with Crippen molar-refractivity contribution >= 4 is 23.2 Å². The van der Waals surface area contributed by atoms with Crippen molar-refractivity contribution in [3.8, 4) is 0 Å². The fourth-order valence-electron chi connectivity index (χ4n) is 4.17. The second kappa shape index (κ2) is 10.3. The zero-order valence-corrected chi connectivity index (χ0v) is 19.3. The van der Waals surface area contributed by atoms with Crippen molar-refractivity contribution in [2.24, 2.45) is 0 Å². The lowest BCUT2D eigenvalue weighted by Gasteiger charge is -2.38. The molecule has 1 aliphatic rings. The number of anilines is 2. The summed E-state index contributed by atoms with van der Waals surface area (Å²) in [5.74, 6) is -5.67. The van der Waals surface area contributed by atoms with Crippen LogP contribution in [0.25, 0.3) is 0 Å². The number of alkyl halides is 2. The zero-order valence-electron chi connectivity index (χ0n) is 19.3.